The molecule has 0 radical (unpaired) electrons. The number of nitrogens with one attached hydrogen (secondary N) is 1. The van der Waals surface area contributed by atoms with Crippen molar-refractivity contribution in [2.75, 3.05) is 13.1 Å². The van der Waals surface area contributed by atoms with Crippen molar-refractivity contribution in [3.8, 4) is 5.69 Å². The molecule has 1 amide bonds. The minimum absolute atomic E-state index is 0.195. The topological polar surface area (TPSA) is 121 Å². The van der Waals surface area contributed by atoms with Crippen LogP contribution in [0.25, 0.3) is 5.69 Å². The van der Waals surface area contributed by atoms with Crippen LogP contribution in [-0.2, 0) is 6.42 Å². The molecular formula is C18H23N6O2-. The lowest BCUT2D eigenvalue weighted by atomic mass is 10.1. The van der Waals surface area contributed by atoms with E-state index in [0.717, 1.165) is 30.6 Å². The van der Waals surface area contributed by atoms with E-state index in [2.05, 4.69) is 20.6 Å². The molecule has 0 atom stereocenters. The highest BCUT2D eigenvalue weighted by atomic mass is 16.3. The van der Waals surface area contributed by atoms with Gasteiger partial charge in [-0.15, -0.1) is 5.10 Å². The molecule has 2 aromatic rings. The number of carbonyl (C=O) groups is 1. The third-order valence-electron chi connectivity index (χ3n) is 4.17. The van der Waals surface area contributed by atoms with Crippen molar-refractivity contribution < 1.29 is 9.90 Å². The molecule has 1 heterocycles. The van der Waals surface area contributed by atoms with Crippen LogP contribution in [0.5, 0.6) is 0 Å². The van der Waals surface area contributed by atoms with Gasteiger partial charge in [-0.1, -0.05) is 17.3 Å². The molecule has 0 bridgehead atoms. The summed E-state index contributed by atoms with van der Waals surface area (Å²) >= 11 is 0. The number of carbonyl (C=O) groups excluding carboxylic acids is 1. The van der Waals surface area contributed by atoms with E-state index in [4.69, 9.17) is 5.73 Å². The monoisotopic (exact) mass is 355 g/mol. The van der Waals surface area contributed by atoms with Crippen molar-refractivity contribution in [3.63, 3.8) is 0 Å². The summed E-state index contributed by atoms with van der Waals surface area (Å²) in [6.07, 6.45) is 3.35. The first kappa shape index (κ1) is 18.1. The summed E-state index contributed by atoms with van der Waals surface area (Å²) in [6.45, 7) is 2.78. The number of amides is 1. The summed E-state index contributed by atoms with van der Waals surface area (Å²) in [5, 5.41) is 23.0. The normalized spacial score (nSPS) is 14.5. The smallest absolute Gasteiger partial charge is 0.273 e. The number of nitrogens with zero attached hydrogens (tertiary/aromatic N) is 4. The third kappa shape index (κ3) is 4.08. The first-order valence-electron chi connectivity index (χ1n) is 8.91. The average molecular weight is 355 g/mol. The van der Waals surface area contributed by atoms with Crippen molar-refractivity contribution >= 4 is 11.8 Å². The summed E-state index contributed by atoms with van der Waals surface area (Å²) in [4.78, 5) is 16.3. The zero-order chi connectivity index (χ0) is 18.5. The maximum atomic E-state index is 12.4. The zero-order valence-electron chi connectivity index (χ0n) is 14.8. The van der Waals surface area contributed by atoms with Crippen LogP contribution < -0.4 is 16.2 Å². The Morgan fingerprint density at radius 2 is 2.12 bits per heavy atom. The molecule has 3 rings (SSSR count). The van der Waals surface area contributed by atoms with Crippen molar-refractivity contribution in [1.82, 2.24) is 20.3 Å². The van der Waals surface area contributed by atoms with Gasteiger partial charge in [0.2, 0.25) is 0 Å². The standard InChI is InChI=1S/C18H24N6O2/c1-2-20-17(25)12-5-9-14(10-6-12)24-15(4-3-11-19)16(22-23-24)18(26)21-13-7-8-13/h5-6,9-10,13H,2-4,7-8,11,19H2,1H3,(H,20,25)(H,21,26)/p-1. The quantitative estimate of drug-likeness (QED) is 0.517. The van der Waals surface area contributed by atoms with Crippen LogP contribution in [0.3, 0.4) is 0 Å². The maximum Gasteiger partial charge on any atom is 0.273 e. The second-order valence-electron chi connectivity index (χ2n) is 6.26. The second-order valence-corrected chi connectivity index (χ2v) is 6.26. The molecule has 1 aromatic heterocycles. The molecule has 1 aliphatic carbocycles. The number of aliphatic imine (C=N–C) groups is 1. The van der Waals surface area contributed by atoms with Gasteiger partial charge in [0.05, 0.1) is 11.4 Å². The lowest BCUT2D eigenvalue weighted by molar-refractivity contribution is -0.213. The Labute approximate surface area is 152 Å². The fourth-order valence-electron chi connectivity index (χ4n) is 2.64. The van der Waals surface area contributed by atoms with E-state index >= 15 is 0 Å². The molecule has 0 spiro atoms. The van der Waals surface area contributed by atoms with Gasteiger partial charge in [0.1, 0.15) is 0 Å². The largest absolute Gasteiger partial charge is 0.858 e. The summed E-state index contributed by atoms with van der Waals surface area (Å²) in [6, 6.07) is 7.22. The molecule has 1 saturated carbocycles. The van der Waals surface area contributed by atoms with Gasteiger partial charge in [-0.25, -0.2) is 4.68 Å². The van der Waals surface area contributed by atoms with Gasteiger partial charge in [0.15, 0.2) is 5.69 Å². The fraction of sp³-hybridized carbons (Fsp3) is 0.444. The lowest BCUT2D eigenvalue weighted by Crippen LogP contribution is -2.27. The highest BCUT2D eigenvalue weighted by Gasteiger charge is 2.27. The van der Waals surface area contributed by atoms with E-state index in [-0.39, 0.29) is 17.8 Å². The van der Waals surface area contributed by atoms with E-state index in [1.54, 1.807) is 28.9 Å². The minimum Gasteiger partial charge on any atom is -0.858 e. The summed E-state index contributed by atoms with van der Waals surface area (Å²) in [5.74, 6) is -0.440. The third-order valence-corrected chi connectivity index (χ3v) is 4.17. The van der Waals surface area contributed by atoms with E-state index in [9.17, 15) is 9.90 Å². The number of hydrogen-bond donors (Lipinski definition) is 2. The maximum absolute atomic E-state index is 12.4. The van der Waals surface area contributed by atoms with Crippen molar-refractivity contribution in [2.45, 2.75) is 38.6 Å². The highest BCUT2D eigenvalue weighted by molar-refractivity contribution is 5.94. The molecular weight excluding hydrogens is 332 g/mol. The Bertz CT molecular complexity index is 793. The van der Waals surface area contributed by atoms with E-state index in [1.807, 2.05) is 6.92 Å². The molecule has 138 valence electrons. The molecule has 1 aromatic carbocycles. The van der Waals surface area contributed by atoms with Crippen LogP contribution in [0.2, 0.25) is 0 Å². The summed E-state index contributed by atoms with van der Waals surface area (Å²) < 4.78 is 1.64. The molecule has 0 unspecified atom stereocenters. The summed E-state index contributed by atoms with van der Waals surface area (Å²) in [5.41, 5.74) is 7.96. The van der Waals surface area contributed by atoms with Gasteiger partial charge in [0, 0.05) is 12.6 Å². The van der Waals surface area contributed by atoms with E-state index < -0.39 is 0 Å². The molecule has 0 saturated heterocycles. The van der Waals surface area contributed by atoms with Gasteiger partial charge in [-0.05, 0) is 62.7 Å². The van der Waals surface area contributed by atoms with Gasteiger partial charge in [-0.2, -0.15) is 0 Å². The summed E-state index contributed by atoms with van der Waals surface area (Å²) in [7, 11) is 0. The van der Waals surface area contributed by atoms with Crippen LogP contribution in [-0.4, -0.2) is 45.9 Å². The van der Waals surface area contributed by atoms with E-state index in [1.165, 1.54) is 0 Å². The first-order valence-corrected chi connectivity index (χ1v) is 8.91. The molecule has 1 fully saturated rings. The van der Waals surface area contributed by atoms with Gasteiger partial charge in [0.25, 0.3) is 5.91 Å². The van der Waals surface area contributed by atoms with Gasteiger partial charge >= 0.3 is 0 Å². The Balaban J connectivity index is 1.89. The van der Waals surface area contributed by atoms with Crippen LogP contribution in [0.15, 0.2) is 29.3 Å². The number of hydrogen-bond acceptors (Lipinski definition) is 6. The molecule has 26 heavy (non-hydrogen) atoms. The second kappa shape index (κ2) is 8.09. The molecule has 8 nitrogen and oxygen atoms in total. The van der Waals surface area contributed by atoms with E-state index in [0.29, 0.717) is 30.8 Å². The van der Waals surface area contributed by atoms with Crippen molar-refractivity contribution in [1.29, 1.82) is 0 Å². The minimum atomic E-state index is -0.245. The number of nitrogens with two attached hydrogens (primary N) is 1. The Kier molecular flexibility index (Phi) is 5.62. The SMILES string of the molecule is CCN=C([O-])c1ccc(-n2nnc(C(=O)NC3CC3)c2CCCN)cc1. The fourth-order valence-corrected chi connectivity index (χ4v) is 2.64. The number of rotatable bonds is 8. The molecule has 8 heteroatoms. The molecule has 1 aliphatic rings. The predicted octanol–water partition coefficient (Wildman–Crippen LogP) is 0.178. The number of aromatic nitrogens is 3. The van der Waals surface area contributed by atoms with Crippen LogP contribution >= 0.6 is 0 Å². The predicted molar refractivity (Wildman–Crippen MR) is 96.3 cm³/mol. The lowest BCUT2D eigenvalue weighted by Gasteiger charge is -2.12. The average Bonchev–Trinajstić information content (AvgIpc) is 3.36. The Hall–Kier alpha value is -2.74. The highest BCUT2D eigenvalue weighted by Crippen LogP contribution is 2.21. The van der Waals surface area contributed by atoms with Crippen LogP contribution in [0.1, 0.15) is 47.9 Å². The van der Waals surface area contributed by atoms with Crippen LogP contribution in [0.4, 0.5) is 0 Å². The zero-order valence-corrected chi connectivity index (χ0v) is 14.8. The first-order chi connectivity index (χ1) is 12.6. The molecule has 3 N–H and O–H groups in total. The van der Waals surface area contributed by atoms with Gasteiger partial charge < -0.3 is 21.1 Å². The van der Waals surface area contributed by atoms with Crippen molar-refractivity contribution in [2.24, 2.45) is 10.7 Å². The Morgan fingerprint density at radius 1 is 1.38 bits per heavy atom. The Morgan fingerprint density at radius 3 is 2.73 bits per heavy atom. The van der Waals surface area contributed by atoms with Crippen molar-refractivity contribution in [3.05, 3.63) is 41.2 Å². The van der Waals surface area contributed by atoms with Gasteiger partial charge in [-0.3, -0.25) is 4.79 Å². The van der Waals surface area contributed by atoms with Crippen LogP contribution in [0, 0.1) is 0 Å². The number of benzene rings is 1. The molecule has 0 aliphatic heterocycles.